The molecule has 1 N–H and O–H groups in total. The zero-order chi connectivity index (χ0) is 16.1. The van der Waals surface area contributed by atoms with E-state index in [1.54, 1.807) is 19.3 Å². The Morgan fingerprint density at radius 3 is 2.82 bits per heavy atom. The second-order valence-electron chi connectivity index (χ2n) is 4.87. The molecule has 1 aliphatic heterocycles. The third-order valence-electron chi connectivity index (χ3n) is 3.47. The van der Waals surface area contributed by atoms with Gasteiger partial charge in [0.15, 0.2) is 11.5 Å². The van der Waals surface area contributed by atoms with Crippen LogP contribution in [0.15, 0.2) is 23.8 Å². The molecule has 1 heterocycles. The van der Waals surface area contributed by atoms with Crippen LogP contribution in [0.1, 0.15) is 18.9 Å². The van der Waals surface area contributed by atoms with Crippen molar-refractivity contribution in [3.63, 3.8) is 0 Å². The molecule has 0 bridgehead atoms. The van der Waals surface area contributed by atoms with Crippen molar-refractivity contribution >= 4 is 18.0 Å². The topological polar surface area (TPSA) is 76.1 Å². The molecule has 0 aliphatic carbocycles. The summed E-state index contributed by atoms with van der Waals surface area (Å²) in [4.78, 5) is 24.6. The molecule has 118 valence electrons. The number of hydrogen-bond acceptors (Lipinski definition) is 4. The van der Waals surface area contributed by atoms with Crippen LogP contribution in [0.3, 0.4) is 0 Å². The van der Waals surface area contributed by atoms with E-state index < -0.39 is 5.97 Å². The van der Waals surface area contributed by atoms with Crippen molar-refractivity contribution in [2.75, 3.05) is 26.8 Å². The Balaban J connectivity index is 2.19. The van der Waals surface area contributed by atoms with Crippen LogP contribution in [0.4, 0.5) is 0 Å². The summed E-state index contributed by atoms with van der Waals surface area (Å²) in [5, 5.41) is 8.75. The van der Waals surface area contributed by atoms with E-state index in [0.29, 0.717) is 23.6 Å². The monoisotopic (exact) mass is 305 g/mol. The third-order valence-corrected chi connectivity index (χ3v) is 3.47. The largest absolute Gasteiger partial charge is 0.493 e. The van der Waals surface area contributed by atoms with Gasteiger partial charge in [-0.25, -0.2) is 0 Å². The number of ether oxygens (including phenoxy) is 2. The average molecular weight is 305 g/mol. The first-order chi connectivity index (χ1) is 10.6. The number of rotatable bonds is 6. The Bertz CT molecular complexity index is 609. The number of fused-ring (bicyclic) bond motifs is 1. The van der Waals surface area contributed by atoms with Crippen LogP contribution in [0, 0.1) is 0 Å². The van der Waals surface area contributed by atoms with Crippen LogP contribution in [0.5, 0.6) is 11.5 Å². The number of methoxy groups -OCH3 is 1. The summed E-state index contributed by atoms with van der Waals surface area (Å²) in [5.41, 5.74) is 1.29. The van der Waals surface area contributed by atoms with E-state index in [4.69, 9.17) is 14.6 Å². The number of benzene rings is 1. The Morgan fingerprint density at radius 1 is 1.41 bits per heavy atom. The first-order valence-electron chi connectivity index (χ1n) is 7.08. The number of nitrogens with zero attached hydrogens (tertiary/aromatic N) is 1. The SMILES string of the molecule is CCN(CCC(=O)O)C(=O)C1=Cc2cccc(OC)c2OC1. The van der Waals surface area contributed by atoms with Crippen LogP contribution in [-0.4, -0.2) is 48.7 Å². The molecular weight excluding hydrogens is 286 g/mol. The number of carboxylic acid groups (broad SMARTS) is 1. The highest BCUT2D eigenvalue weighted by molar-refractivity contribution is 5.99. The number of aliphatic carboxylic acids is 1. The molecule has 0 saturated carbocycles. The predicted molar refractivity (Wildman–Crippen MR) is 81.0 cm³/mol. The molecule has 0 atom stereocenters. The molecule has 0 radical (unpaired) electrons. The van der Waals surface area contributed by atoms with Gasteiger partial charge in [0.05, 0.1) is 19.1 Å². The van der Waals surface area contributed by atoms with Gasteiger partial charge in [0.25, 0.3) is 5.91 Å². The maximum atomic E-state index is 12.5. The number of carbonyl (C=O) groups is 2. The summed E-state index contributed by atoms with van der Waals surface area (Å²) < 4.78 is 10.9. The number of carbonyl (C=O) groups excluding carboxylic acids is 1. The van der Waals surface area contributed by atoms with Crippen molar-refractivity contribution in [1.29, 1.82) is 0 Å². The van der Waals surface area contributed by atoms with Crippen molar-refractivity contribution in [1.82, 2.24) is 4.90 Å². The van der Waals surface area contributed by atoms with Crippen molar-refractivity contribution in [2.45, 2.75) is 13.3 Å². The van der Waals surface area contributed by atoms with Gasteiger partial charge in [0.2, 0.25) is 0 Å². The quantitative estimate of drug-likeness (QED) is 0.867. The van der Waals surface area contributed by atoms with Crippen molar-refractivity contribution in [3.05, 3.63) is 29.3 Å². The van der Waals surface area contributed by atoms with E-state index in [-0.39, 0.29) is 25.5 Å². The van der Waals surface area contributed by atoms with Gasteiger partial charge in [0.1, 0.15) is 6.61 Å². The maximum Gasteiger partial charge on any atom is 0.305 e. The van der Waals surface area contributed by atoms with Gasteiger partial charge in [0, 0.05) is 18.7 Å². The van der Waals surface area contributed by atoms with Crippen molar-refractivity contribution in [3.8, 4) is 11.5 Å². The molecule has 1 aromatic rings. The standard InChI is InChI=1S/C16H19NO5/c1-3-17(8-7-14(18)19)16(20)12-9-11-5-4-6-13(21-2)15(11)22-10-12/h4-6,9H,3,7-8,10H2,1-2H3,(H,18,19). The van der Waals surface area contributed by atoms with Gasteiger partial charge in [-0.1, -0.05) is 12.1 Å². The van der Waals surface area contributed by atoms with Gasteiger partial charge < -0.3 is 19.5 Å². The third kappa shape index (κ3) is 3.39. The molecule has 1 aromatic carbocycles. The molecule has 6 heteroatoms. The number of carboxylic acids is 1. The first-order valence-corrected chi connectivity index (χ1v) is 7.08. The second-order valence-corrected chi connectivity index (χ2v) is 4.87. The smallest absolute Gasteiger partial charge is 0.305 e. The van der Waals surface area contributed by atoms with E-state index >= 15 is 0 Å². The normalized spacial score (nSPS) is 12.7. The number of amides is 1. The summed E-state index contributed by atoms with van der Waals surface area (Å²) in [6, 6.07) is 5.47. The van der Waals surface area contributed by atoms with Crippen molar-refractivity contribution < 1.29 is 24.2 Å². The van der Waals surface area contributed by atoms with Crippen LogP contribution in [0.25, 0.3) is 6.08 Å². The van der Waals surface area contributed by atoms with E-state index in [0.717, 1.165) is 5.56 Å². The van der Waals surface area contributed by atoms with Crippen LogP contribution in [0.2, 0.25) is 0 Å². The summed E-state index contributed by atoms with van der Waals surface area (Å²) in [5.74, 6) is 0.126. The average Bonchev–Trinajstić information content (AvgIpc) is 2.53. The summed E-state index contributed by atoms with van der Waals surface area (Å²) in [6.07, 6.45) is 1.70. The second kappa shape index (κ2) is 6.98. The number of likely N-dealkylation sites (N-methyl/N-ethyl adjacent to an activating group) is 1. The Labute approximate surface area is 128 Å². The molecule has 22 heavy (non-hydrogen) atoms. The highest BCUT2D eigenvalue weighted by Gasteiger charge is 2.23. The van der Waals surface area contributed by atoms with Gasteiger partial charge in [-0.05, 0) is 19.1 Å². The maximum absolute atomic E-state index is 12.5. The summed E-state index contributed by atoms with van der Waals surface area (Å²) in [7, 11) is 1.56. The lowest BCUT2D eigenvalue weighted by atomic mass is 10.1. The minimum atomic E-state index is -0.921. The van der Waals surface area contributed by atoms with Crippen molar-refractivity contribution in [2.24, 2.45) is 0 Å². The fraction of sp³-hybridized carbons (Fsp3) is 0.375. The first kappa shape index (κ1) is 15.9. The predicted octanol–water partition coefficient (Wildman–Crippen LogP) is 1.79. The Hall–Kier alpha value is -2.50. The Morgan fingerprint density at radius 2 is 2.18 bits per heavy atom. The molecular formula is C16H19NO5. The number of para-hydroxylation sites is 1. The lowest BCUT2D eigenvalue weighted by Crippen LogP contribution is -2.35. The van der Waals surface area contributed by atoms with Gasteiger partial charge in [-0.3, -0.25) is 9.59 Å². The molecule has 2 rings (SSSR count). The highest BCUT2D eigenvalue weighted by Crippen LogP contribution is 2.35. The van der Waals surface area contributed by atoms with E-state index in [9.17, 15) is 9.59 Å². The van der Waals surface area contributed by atoms with Gasteiger partial charge in [-0.2, -0.15) is 0 Å². The molecule has 0 spiro atoms. The minimum Gasteiger partial charge on any atom is -0.493 e. The highest BCUT2D eigenvalue weighted by atomic mass is 16.5. The van der Waals surface area contributed by atoms with Crippen LogP contribution >= 0.6 is 0 Å². The fourth-order valence-electron chi connectivity index (χ4n) is 2.30. The molecule has 1 aliphatic rings. The van der Waals surface area contributed by atoms with Crippen LogP contribution < -0.4 is 9.47 Å². The molecule has 0 fully saturated rings. The zero-order valence-corrected chi connectivity index (χ0v) is 12.7. The number of hydrogen-bond donors (Lipinski definition) is 1. The van der Waals surface area contributed by atoms with Gasteiger partial charge in [-0.15, -0.1) is 0 Å². The van der Waals surface area contributed by atoms with Gasteiger partial charge >= 0.3 is 5.97 Å². The molecule has 0 saturated heterocycles. The minimum absolute atomic E-state index is 0.0713. The van der Waals surface area contributed by atoms with E-state index in [1.807, 2.05) is 19.1 Å². The lowest BCUT2D eigenvalue weighted by Gasteiger charge is -2.25. The zero-order valence-electron chi connectivity index (χ0n) is 12.7. The lowest BCUT2D eigenvalue weighted by molar-refractivity contribution is -0.138. The fourth-order valence-corrected chi connectivity index (χ4v) is 2.30. The summed E-state index contributed by atoms with van der Waals surface area (Å²) in [6.45, 7) is 2.61. The molecule has 6 nitrogen and oxygen atoms in total. The molecule has 0 aromatic heterocycles. The van der Waals surface area contributed by atoms with E-state index in [2.05, 4.69) is 0 Å². The Kier molecular flexibility index (Phi) is 5.04. The van der Waals surface area contributed by atoms with Crippen LogP contribution in [-0.2, 0) is 9.59 Å². The molecule has 0 unspecified atom stereocenters. The molecule has 1 amide bonds. The van der Waals surface area contributed by atoms with E-state index in [1.165, 1.54) is 4.90 Å². The summed E-state index contributed by atoms with van der Waals surface area (Å²) >= 11 is 0.